The number of benzene rings is 1. The summed E-state index contributed by atoms with van der Waals surface area (Å²) in [6.07, 6.45) is 0. The molecule has 2 rings (SSSR count). The lowest BCUT2D eigenvalue weighted by Gasteiger charge is -2.31. The number of aromatic nitrogens is 2. The lowest BCUT2D eigenvalue weighted by atomic mass is 9.89. The largest absolute Gasteiger partial charge is 0.323 e. The van der Waals surface area contributed by atoms with Crippen molar-refractivity contribution in [1.29, 1.82) is 0 Å². The van der Waals surface area contributed by atoms with Crippen LogP contribution in [0.3, 0.4) is 0 Å². The molecular weight excluding hydrogens is 216 g/mol. The molecule has 0 aliphatic heterocycles. The van der Waals surface area contributed by atoms with Crippen LogP contribution in [-0.2, 0) is 0 Å². The predicted molar refractivity (Wildman–Crippen MR) is 69.0 cm³/mol. The molecule has 0 saturated heterocycles. The number of rotatable bonds is 3. The van der Waals surface area contributed by atoms with Gasteiger partial charge in [0.2, 0.25) is 0 Å². The maximum absolute atomic E-state index is 11.2. The Bertz CT molecular complexity index is 581. The van der Waals surface area contributed by atoms with E-state index in [1.807, 2.05) is 39.1 Å². The highest BCUT2D eigenvalue weighted by atomic mass is 16.1. The lowest BCUT2D eigenvalue weighted by Crippen LogP contribution is -2.46. The third-order valence-electron chi connectivity index (χ3n) is 3.32. The first-order valence-corrected chi connectivity index (χ1v) is 5.60. The average molecular weight is 234 g/mol. The number of nitrogens with one attached hydrogen (secondary N) is 3. The van der Waals surface area contributed by atoms with Gasteiger partial charge in [-0.15, -0.1) is 0 Å². The zero-order valence-corrected chi connectivity index (χ0v) is 10.3. The highest BCUT2D eigenvalue weighted by molar-refractivity contribution is 5.75. The first kappa shape index (κ1) is 11.9. The number of hydrogen-bond donors (Lipinski definition) is 4. The van der Waals surface area contributed by atoms with Crippen LogP contribution in [0.5, 0.6) is 0 Å². The fraction of sp³-hybridized carbons (Fsp3) is 0.417. The van der Waals surface area contributed by atoms with E-state index in [9.17, 15) is 4.79 Å². The van der Waals surface area contributed by atoms with Gasteiger partial charge in [0.05, 0.1) is 11.0 Å². The van der Waals surface area contributed by atoms with Crippen LogP contribution in [0.4, 0.5) is 0 Å². The SMILES string of the molecule is CNC(C)(C)C(N)c1ccc2[nH]c(=O)[nH]c2c1. The molecule has 1 aromatic carbocycles. The molecule has 0 radical (unpaired) electrons. The van der Waals surface area contributed by atoms with Gasteiger partial charge in [0.15, 0.2) is 0 Å². The average Bonchev–Trinajstić information content (AvgIpc) is 2.66. The Kier molecular flexibility index (Phi) is 2.81. The van der Waals surface area contributed by atoms with Crippen molar-refractivity contribution in [2.75, 3.05) is 7.05 Å². The summed E-state index contributed by atoms with van der Waals surface area (Å²) in [5.74, 6) is 0. The fourth-order valence-electron chi connectivity index (χ4n) is 1.82. The summed E-state index contributed by atoms with van der Waals surface area (Å²) in [6, 6.07) is 5.58. The third kappa shape index (κ3) is 2.11. The molecule has 1 unspecified atom stereocenters. The van der Waals surface area contributed by atoms with Crippen LogP contribution in [0.15, 0.2) is 23.0 Å². The van der Waals surface area contributed by atoms with Crippen LogP contribution in [-0.4, -0.2) is 22.6 Å². The molecule has 0 aliphatic carbocycles. The van der Waals surface area contributed by atoms with Crippen LogP contribution < -0.4 is 16.7 Å². The molecule has 5 N–H and O–H groups in total. The van der Waals surface area contributed by atoms with Gasteiger partial charge in [0.25, 0.3) is 0 Å². The third-order valence-corrected chi connectivity index (χ3v) is 3.32. The van der Waals surface area contributed by atoms with Gasteiger partial charge in [-0.2, -0.15) is 0 Å². The van der Waals surface area contributed by atoms with E-state index in [0.29, 0.717) is 0 Å². The molecule has 0 fully saturated rings. The first-order valence-electron chi connectivity index (χ1n) is 5.60. The van der Waals surface area contributed by atoms with Crippen LogP contribution in [0.25, 0.3) is 11.0 Å². The van der Waals surface area contributed by atoms with Crippen molar-refractivity contribution < 1.29 is 0 Å². The Morgan fingerprint density at radius 2 is 1.94 bits per heavy atom. The van der Waals surface area contributed by atoms with E-state index in [4.69, 9.17) is 5.73 Å². The zero-order chi connectivity index (χ0) is 12.6. The van der Waals surface area contributed by atoms with E-state index in [2.05, 4.69) is 15.3 Å². The van der Waals surface area contributed by atoms with E-state index in [1.54, 1.807) is 0 Å². The molecule has 0 saturated carbocycles. The second-order valence-corrected chi connectivity index (χ2v) is 4.83. The van der Waals surface area contributed by atoms with Gasteiger partial charge in [-0.3, -0.25) is 0 Å². The van der Waals surface area contributed by atoms with Gasteiger partial charge < -0.3 is 21.0 Å². The number of fused-ring (bicyclic) bond motifs is 1. The molecule has 92 valence electrons. The van der Waals surface area contributed by atoms with Gasteiger partial charge in [-0.05, 0) is 38.6 Å². The number of hydrogen-bond acceptors (Lipinski definition) is 3. The van der Waals surface area contributed by atoms with E-state index in [1.165, 1.54) is 0 Å². The van der Waals surface area contributed by atoms with E-state index in [0.717, 1.165) is 16.6 Å². The van der Waals surface area contributed by atoms with E-state index in [-0.39, 0.29) is 17.3 Å². The van der Waals surface area contributed by atoms with Crippen molar-refractivity contribution in [3.63, 3.8) is 0 Å². The second-order valence-electron chi connectivity index (χ2n) is 4.83. The summed E-state index contributed by atoms with van der Waals surface area (Å²) >= 11 is 0. The van der Waals surface area contributed by atoms with Gasteiger partial charge in [-0.25, -0.2) is 4.79 Å². The van der Waals surface area contributed by atoms with Gasteiger partial charge in [0, 0.05) is 11.6 Å². The molecule has 2 aromatic rings. The Labute approximate surface area is 99.4 Å². The molecule has 1 heterocycles. The zero-order valence-electron chi connectivity index (χ0n) is 10.3. The summed E-state index contributed by atoms with van der Waals surface area (Å²) in [7, 11) is 1.89. The Morgan fingerprint density at radius 1 is 1.29 bits per heavy atom. The first-order chi connectivity index (χ1) is 7.94. The molecule has 0 spiro atoms. The maximum atomic E-state index is 11.2. The Hall–Kier alpha value is -1.59. The Morgan fingerprint density at radius 3 is 2.59 bits per heavy atom. The van der Waals surface area contributed by atoms with E-state index < -0.39 is 0 Å². The number of nitrogens with two attached hydrogens (primary N) is 1. The molecule has 5 heteroatoms. The number of aromatic amines is 2. The normalized spacial score (nSPS) is 14.1. The highest BCUT2D eigenvalue weighted by Gasteiger charge is 2.25. The van der Waals surface area contributed by atoms with E-state index >= 15 is 0 Å². The van der Waals surface area contributed by atoms with Crippen molar-refractivity contribution in [3.8, 4) is 0 Å². The van der Waals surface area contributed by atoms with Gasteiger partial charge in [0.1, 0.15) is 0 Å². The van der Waals surface area contributed by atoms with Crippen molar-refractivity contribution >= 4 is 11.0 Å². The predicted octanol–water partition coefficient (Wildman–Crippen LogP) is 0.854. The molecular formula is C12H18N4O. The number of likely N-dealkylation sites (N-methyl/N-ethyl adjacent to an activating group) is 1. The number of imidazole rings is 1. The Balaban J connectivity index is 2.45. The fourth-order valence-corrected chi connectivity index (χ4v) is 1.82. The van der Waals surface area contributed by atoms with Crippen molar-refractivity contribution in [2.45, 2.75) is 25.4 Å². The van der Waals surface area contributed by atoms with Crippen molar-refractivity contribution in [3.05, 3.63) is 34.2 Å². The minimum atomic E-state index is -0.204. The molecule has 1 aromatic heterocycles. The van der Waals surface area contributed by atoms with Crippen molar-refractivity contribution in [2.24, 2.45) is 5.73 Å². The molecule has 17 heavy (non-hydrogen) atoms. The summed E-state index contributed by atoms with van der Waals surface area (Å²) in [5.41, 5.74) is 8.40. The van der Waals surface area contributed by atoms with Crippen LogP contribution in [0, 0.1) is 0 Å². The lowest BCUT2D eigenvalue weighted by molar-refractivity contribution is 0.349. The highest BCUT2D eigenvalue weighted by Crippen LogP contribution is 2.24. The molecule has 0 amide bonds. The van der Waals surface area contributed by atoms with Crippen molar-refractivity contribution in [1.82, 2.24) is 15.3 Å². The quantitative estimate of drug-likeness (QED) is 0.635. The van der Waals surface area contributed by atoms with Gasteiger partial charge in [-0.1, -0.05) is 6.07 Å². The van der Waals surface area contributed by atoms with Gasteiger partial charge >= 0.3 is 5.69 Å². The molecule has 0 aliphatic rings. The summed E-state index contributed by atoms with van der Waals surface area (Å²) in [6.45, 7) is 4.09. The topological polar surface area (TPSA) is 86.7 Å². The van der Waals surface area contributed by atoms with Crippen LogP contribution in [0.2, 0.25) is 0 Å². The molecule has 5 nitrogen and oxygen atoms in total. The minimum absolute atomic E-state index is 0.143. The molecule has 0 bridgehead atoms. The van der Waals surface area contributed by atoms with Crippen LogP contribution >= 0.6 is 0 Å². The maximum Gasteiger partial charge on any atom is 0.323 e. The summed E-state index contributed by atoms with van der Waals surface area (Å²) in [5, 5.41) is 3.19. The summed E-state index contributed by atoms with van der Waals surface area (Å²) in [4.78, 5) is 16.6. The van der Waals surface area contributed by atoms with Crippen LogP contribution in [0.1, 0.15) is 25.5 Å². The monoisotopic (exact) mass is 234 g/mol. The molecule has 1 atom stereocenters. The standard InChI is InChI=1S/C12H18N4O/c1-12(2,14-3)10(13)7-4-5-8-9(6-7)16-11(17)15-8/h4-6,10,14H,13H2,1-3H3,(H2,15,16,17). The smallest absolute Gasteiger partial charge is 0.322 e. The second kappa shape index (κ2) is 4.01. The minimum Gasteiger partial charge on any atom is -0.322 e. The summed E-state index contributed by atoms with van der Waals surface area (Å²) < 4.78 is 0. The number of H-pyrrole nitrogens is 2.